The lowest BCUT2D eigenvalue weighted by atomic mass is 9.94. The van der Waals surface area contributed by atoms with Crippen LogP contribution in [0.2, 0.25) is 0 Å². The van der Waals surface area contributed by atoms with Gasteiger partial charge in [0.25, 0.3) is 17.2 Å². The Kier molecular flexibility index (Phi) is 7.05. The molecule has 3 heterocycles. The van der Waals surface area contributed by atoms with Crippen molar-refractivity contribution in [1.82, 2.24) is 14.0 Å². The Balaban J connectivity index is 1.87. The molecule has 1 amide bonds. The molecule has 0 bridgehead atoms. The number of nitro groups is 1. The van der Waals surface area contributed by atoms with Gasteiger partial charge in [-0.25, -0.2) is 9.78 Å². The molecule has 1 saturated carbocycles. The van der Waals surface area contributed by atoms with Crippen LogP contribution < -0.4 is 11.0 Å². The Hall–Kier alpha value is -4.67. The highest BCUT2D eigenvalue weighted by Gasteiger charge is 2.26. The van der Waals surface area contributed by atoms with Crippen molar-refractivity contribution >= 4 is 34.2 Å². The average molecular weight is 530 g/mol. The number of amides is 1. The second-order valence-electron chi connectivity index (χ2n) is 9.52. The van der Waals surface area contributed by atoms with Crippen LogP contribution in [0.1, 0.15) is 71.3 Å². The van der Waals surface area contributed by atoms with Crippen molar-refractivity contribution in [3.8, 4) is 0 Å². The Morgan fingerprint density at radius 2 is 1.92 bits per heavy atom. The van der Waals surface area contributed by atoms with Crippen molar-refractivity contribution in [1.29, 1.82) is 0 Å². The molecule has 0 spiro atoms. The van der Waals surface area contributed by atoms with E-state index in [9.17, 15) is 24.5 Å². The van der Waals surface area contributed by atoms with Crippen molar-refractivity contribution in [2.24, 2.45) is 4.99 Å². The Labute approximate surface area is 222 Å². The van der Waals surface area contributed by atoms with Gasteiger partial charge in [0, 0.05) is 29.4 Å². The molecule has 3 aromatic heterocycles. The van der Waals surface area contributed by atoms with Crippen LogP contribution in [0, 0.1) is 17.0 Å². The van der Waals surface area contributed by atoms with Crippen LogP contribution >= 0.6 is 0 Å². The Morgan fingerprint density at radius 1 is 1.15 bits per heavy atom. The van der Waals surface area contributed by atoms with E-state index in [1.54, 1.807) is 42.8 Å². The summed E-state index contributed by atoms with van der Waals surface area (Å²) in [6, 6.07) is 10.5. The molecule has 4 aromatic rings. The average Bonchev–Trinajstić information content (AvgIpc) is 2.93. The van der Waals surface area contributed by atoms with Gasteiger partial charge in [-0.15, -0.1) is 0 Å². The van der Waals surface area contributed by atoms with Gasteiger partial charge in [-0.3, -0.25) is 24.1 Å². The van der Waals surface area contributed by atoms with E-state index in [0.29, 0.717) is 16.9 Å². The van der Waals surface area contributed by atoms with Gasteiger partial charge in [0.2, 0.25) is 0 Å². The normalized spacial score (nSPS) is 14.6. The maximum Gasteiger partial charge on any atom is 0.341 e. The number of carbonyl (C=O) groups is 2. The van der Waals surface area contributed by atoms with Gasteiger partial charge in [-0.2, -0.15) is 4.99 Å². The third-order valence-electron chi connectivity index (χ3n) is 7.03. The largest absolute Gasteiger partial charge is 0.462 e. The number of hydrogen-bond acceptors (Lipinski definition) is 7. The highest BCUT2D eigenvalue weighted by atomic mass is 16.6. The van der Waals surface area contributed by atoms with Crippen LogP contribution in [0.25, 0.3) is 16.7 Å². The minimum Gasteiger partial charge on any atom is -0.462 e. The molecule has 200 valence electrons. The summed E-state index contributed by atoms with van der Waals surface area (Å²) in [5.74, 6) is -1.49. The van der Waals surface area contributed by atoms with Crippen molar-refractivity contribution in [2.45, 2.75) is 52.0 Å². The third kappa shape index (κ3) is 4.83. The molecule has 1 fully saturated rings. The van der Waals surface area contributed by atoms with E-state index >= 15 is 0 Å². The zero-order chi connectivity index (χ0) is 27.7. The summed E-state index contributed by atoms with van der Waals surface area (Å²) in [5, 5.41) is 11.7. The van der Waals surface area contributed by atoms with Crippen molar-refractivity contribution in [3.05, 3.63) is 91.3 Å². The number of hydrogen-bond donors (Lipinski definition) is 0. The molecule has 0 unspecified atom stereocenters. The standard InChI is InChI=1S/C28H27N5O6/c1-3-39-28(36)21-16-20-24(29-23-11-7-8-14-31(23)27(20)35)32(19-9-5-4-6-10-19)25(21)30-26(34)18-13-12-17(2)22(15-18)33(37)38/h7-8,11-16,19H,3-6,9-10H2,1-2H3. The number of nitro benzene ring substituents is 1. The Bertz CT molecular complexity index is 1760. The lowest BCUT2D eigenvalue weighted by molar-refractivity contribution is -0.385. The van der Waals surface area contributed by atoms with Crippen molar-refractivity contribution in [2.75, 3.05) is 6.61 Å². The molecular formula is C28H27N5O6. The van der Waals surface area contributed by atoms with Gasteiger partial charge >= 0.3 is 5.97 Å². The van der Waals surface area contributed by atoms with E-state index in [1.807, 2.05) is 0 Å². The molecule has 11 heteroatoms. The van der Waals surface area contributed by atoms with Gasteiger partial charge in [-0.05, 0) is 51.0 Å². The lowest BCUT2D eigenvalue weighted by Gasteiger charge is -2.27. The van der Waals surface area contributed by atoms with Gasteiger partial charge in [0.1, 0.15) is 16.9 Å². The summed E-state index contributed by atoms with van der Waals surface area (Å²) in [5.41, 5.74) is 0.543. The van der Waals surface area contributed by atoms with Gasteiger partial charge < -0.3 is 9.30 Å². The lowest BCUT2D eigenvalue weighted by Crippen LogP contribution is -2.35. The smallest absolute Gasteiger partial charge is 0.341 e. The topological polar surface area (TPSA) is 138 Å². The van der Waals surface area contributed by atoms with E-state index < -0.39 is 16.8 Å². The first kappa shape index (κ1) is 26.0. The molecule has 11 nitrogen and oxygen atoms in total. The fraction of sp³-hybridized carbons (Fsp3) is 0.321. The fourth-order valence-corrected chi connectivity index (χ4v) is 5.10. The SMILES string of the molecule is CCOC(=O)c1cc2c(=O)n3ccccc3nc2n(C2CCCCC2)c1=NC(=O)c1ccc(C)c([N+](=O)[O-])c1. The summed E-state index contributed by atoms with van der Waals surface area (Å²) >= 11 is 0. The summed E-state index contributed by atoms with van der Waals surface area (Å²) in [4.78, 5) is 60.2. The summed E-state index contributed by atoms with van der Waals surface area (Å²) in [6.45, 7) is 3.32. The number of nitrogens with zero attached hydrogens (tertiary/aromatic N) is 5. The first-order valence-electron chi connectivity index (χ1n) is 12.9. The molecule has 5 rings (SSSR count). The molecule has 0 aliphatic heterocycles. The maximum absolute atomic E-state index is 13.5. The molecular weight excluding hydrogens is 502 g/mol. The minimum absolute atomic E-state index is 0.00365. The van der Waals surface area contributed by atoms with E-state index in [4.69, 9.17) is 9.72 Å². The number of ether oxygens (including phenoxy) is 1. The fourth-order valence-electron chi connectivity index (χ4n) is 5.10. The van der Waals surface area contributed by atoms with Gasteiger partial charge in [0.15, 0.2) is 5.49 Å². The zero-order valence-electron chi connectivity index (χ0n) is 21.6. The molecule has 1 aromatic carbocycles. The molecule has 0 radical (unpaired) electrons. The molecule has 0 N–H and O–H groups in total. The summed E-state index contributed by atoms with van der Waals surface area (Å²) in [6.07, 6.45) is 5.98. The third-order valence-corrected chi connectivity index (χ3v) is 7.03. The predicted molar refractivity (Wildman–Crippen MR) is 143 cm³/mol. The van der Waals surface area contributed by atoms with Crippen LogP contribution in [0.4, 0.5) is 5.69 Å². The second kappa shape index (κ2) is 10.6. The van der Waals surface area contributed by atoms with Crippen LogP contribution in [-0.2, 0) is 4.74 Å². The number of benzene rings is 1. The van der Waals surface area contributed by atoms with E-state index in [2.05, 4.69) is 4.99 Å². The number of fused-ring (bicyclic) bond motifs is 2. The molecule has 1 aliphatic rings. The maximum atomic E-state index is 13.5. The molecule has 39 heavy (non-hydrogen) atoms. The molecule has 1 aliphatic carbocycles. The van der Waals surface area contributed by atoms with E-state index in [0.717, 1.165) is 32.1 Å². The van der Waals surface area contributed by atoms with Crippen molar-refractivity contribution < 1.29 is 19.2 Å². The number of aryl methyl sites for hydroxylation is 1. The van der Waals surface area contributed by atoms with E-state index in [1.165, 1.54) is 28.7 Å². The first-order chi connectivity index (χ1) is 18.8. The predicted octanol–water partition coefficient (Wildman–Crippen LogP) is 4.29. The summed E-state index contributed by atoms with van der Waals surface area (Å²) in [7, 11) is 0. The van der Waals surface area contributed by atoms with Crippen LogP contribution in [-0.4, -0.2) is 37.4 Å². The number of rotatable bonds is 5. The van der Waals surface area contributed by atoms with Crippen LogP contribution in [0.3, 0.4) is 0 Å². The number of esters is 1. The number of pyridine rings is 2. The first-order valence-corrected chi connectivity index (χ1v) is 12.9. The van der Waals surface area contributed by atoms with E-state index in [-0.39, 0.29) is 45.9 Å². The van der Waals surface area contributed by atoms with Crippen LogP contribution in [0.5, 0.6) is 0 Å². The quantitative estimate of drug-likeness (QED) is 0.163. The number of carbonyl (C=O) groups excluding carboxylic acids is 2. The van der Waals surface area contributed by atoms with Gasteiger partial charge in [-0.1, -0.05) is 31.4 Å². The van der Waals surface area contributed by atoms with Crippen molar-refractivity contribution in [3.63, 3.8) is 0 Å². The Morgan fingerprint density at radius 3 is 2.64 bits per heavy atom. The highest BCUT2D eigenvalue weighted by Crippen LogP contribution is 2.29. The molecule has 0 atom stereocenters. The summed E-state index contributed by atoms with van der Waals surface area (Å²) < 4.78 is 8.42. The number of aromatic nitrogens is 3. The molecule has 0 saturated heterocycles. The zero-order valence-corrected chi connectivity index (χ0v) is 21.6. The highest BCUT2D eigenvalue weighted by molar-refractivity contribution is 5.97. The van der Waals surface area contributed by atoms with Gasteiger partial charge in [0.05, 0.1) is 16.9 Å². The minimum atomic E-state index is -0.759. The van der Waals surface area contributed by atoms with Crippen LogP contribution in [0.15, 0.2) is 58.4 Å². The monoisotopic (exact) mass is 529 g/mol. The second-order valence-corrected chi connectivity index (χ2v) is 9.52.